The van der Waals surface area contributed by atoms with Crippen molar-refractivity contribution >= 4 is 0 Å². The Labute approximate surface area is 97.3 Å². The smallest absolute Gasteiger partial charge is 0.129 e. The minimum absolute atomic E-state index is 0.0651. The second-order valence-electron chi connectivity index (χ2n) is 5.75. The number of benzene rings is 1. The maximum atomic E-state index is 13.4. The van der Waals surface area contributed by atoms with E-state index in [0.717, 1.165) is 5.56 Å². The van der Waals surface area contributed by atoms with E-state index in [4.69, 9.17) is 0 Å². The lowest BCUT2D eigenvalue weighted by atomic mass is 9.86. The van der Waals surface area contributed by atoms with Crippen LogP contribution in [0.4, 0.5) is 4.39 Å². The van der Waals surface area contributed by atoms with Gasteiger partial charge in [-0.3, -0.25) is 0 Å². The molecule has 0 heterocycles. The zero-order chi connectivity index (χ0) is 12.5. The van der Waals surface area contributed by atoms with Crippen molar-refractivity contribution in [2.45, 2.75) is 47.1 Å². The molecule has 1 rings (SSSR count). The van der Waals surface area contributed by atoms with E-state index in [-0.39, 0.29) is 11.2 Å². The Bertz CT molecular complexity index is 354. The van der Waals surface area contributed by atoms with E-state index in [9.17, 15) is 9.50 Å². The van der Waals surface area contributed by atoms with Crippen LogP contribution in [0.1, 0.15) is 50.0 Å². The van der Waals surface area contributed by atoms with Crippen LogP contribution in [0.15, 0.2) is 12.1 Å². The lowest BCUT2D eigenvalue weighted by molar-refractivity contribution is 0.122. The molecule has 0 saturated heterocycles. The van der Waals surface area contributed by atoms with Crippen LogP contribution in [0.5, 0.6) is 0 Å². The predicted molar refractivity (Wildman–Crippen MR) is 64.9 cm³/mol. The van der Waals surface area contributed by atoms with Crippen molar-refractivity contribution in [1.29, 1.82) is 0 Å². The molecule has 0 amide bonds. The van der Waals surface area contributed by atoms with E-state index in [0.29, 0.717) is 17.5 Å². The third-order valence-electron chi connectivity index (χ3n) is 2.65. The largest absolute Gasteiger partial charge is 0.388 e. The van der Waals surface area contributed by atoms with Crippen LogP contribution in [0, 0.1) is 25.1 Å². The highest BCUT2D eigenvalue weighted by molar-refractivity contribution is 5.31. The van der Waals surface area contributed by atoms with Crippen molar-refractivity contribution in [2.24, 2.45) is 5.41 Å². The minimum Gasteiger partial charge on any atom is -0.388 e. The van der Waals surface area contributed by atoms with Crippen LogP contribution in [-0.2, 0) is 0 Å². The van der Waals surface area contributed by atoms with Crippen LogP contribution < -0.4 is 0 Å². The van der Waals surface area contributed by atoms with E-state index < -0.39 is 6.10 Å². The van der Waals surface area contributed by atoms with Crippen molar-refractivity contribution in [3.63, 3.8) is 0 Å². The Morgan fingerprint density at radius 1 is 1.19 bits per heavy atom. The molecule has 0 spiro atoms. The molecule has 0 aromatic heterocycles. The number of rotatable bonds is 2. The van der Waals surface area contributed by atoms with Crippen molar-refractivity contribution in [3.05, 3.63) is 34.6 Å². The number of aliphatic hydroxyl groups is 1. The molecule has 0 saturated carbocycles. The number of aliphatic hydroxyl groups excluding tert-OH is 1. The first kappa shape index (κ1) is 13.2. The standard InChI is InChI=1S/C14H21FO/c1-9-6-11(7-10(2)13(9)15)12(16)8-14(3,4)5/h6-7,12,16H,8H2,1-5H3. The Kier molecular flexibility index (Phi) is 3.74. The molecule has 0 aliphatic heterocycles. The molecule has 1 atom stereocenters. The van der Waals surface area contributed by atoms with Gasteiger partial charge in [0.2, 0.25) is 0 Å². The molecule has 0 fully saturated rings. The van der Waals surface area contributed by atoms with Gasteiger partial charge in [-0.1, -0.05) is 32.9 Å². The molecule has 1 unspecified atom stereocenters. The third-order valence-corrected chi connectivity index (χ3v) is 2.65. The summed E-state index contributed by atoms with van der Waals surface area (Å²) in [4.78, 5) is 0. The summed E-state index contributed by atoms with van der Waals surface area (Å²) >= 11 is 0. The topological polar surface area (TPSA) is 20.2 Å². The third kappa shape index (κ3) is 3.31. The van der Waals surface area contributed by atoms with Gasteiger partial charge >= 0.3 is 0 Å². The van der Waals surface area contributed by atoms with Crippen molar-refractivity contribution < 1.29 is 9.50 Å². The first-order chi connectivity index (χ1) is 7.20. The Balaban J connectivity index is 2.97. The first-order valence-electron chi connectivity index (χ1n) is 5.65. The number of halogens is 1. The van der Waals surface area contributed by atoms with E-state index in [2.05, 4.69) is 20.8 Å². The van der Waals surface area contributed by atoms with E-state index in [1.54, 1.807) is 26.0 Å². The summed E-state index contributed by atoms with van der Waals surface area (Å²) in [5.74, 6) is -0.174. The molecule has 1 aromatic carbocycles. The number of hydrogen-bond acceptors (Lipinski definition) is 1. The Morgan fingerprint density at radius 3 is 2.00 bits per heavy atom. The SMILES string of the molecule is Cc1cc(C(O)CC(C)(C)C)cc(C)c1F. The molecule has 0 bridgehead atoms. The van der Waals surface area contributed by atoms with Gasteiger partial charge in [-0.05, 0) is 42.4 Å². The normalized spacial score (nSPS) is 13.9. The molecule has 1 nitrogen and oxygen atoms in total. The molecule has 16 heavy (non-hydrogen) atoms. The van der Waals surface area contributed by atoms with Crippen LogP contribution in [0.2, 0.25) is 0 Å². The maximum absolute atomic E-state index is 13.4. The Hall–Kier alpha value is -0.890. The number of aryl methyl sites for hydroxylation is 2. The van der Waals surface area contributed by atoms with E-state index >= 15 is 0 Å². The molecule has 2 heteroatoms. The monoisotopic (exact) mass is 224 g/mol. The fourth-order valence-electron chi connectivity index (χ4n) is 1.87. The lowest BCUT2D eigenvalue weighted by Crippen LogP contribution is -2.12. The fourth-order valence-corrected chi connectivity index (χ4v) is 1.87. The molecule has 0 aliphatic rings. The van der Waals surface area contributed by atoms with Crippen molar-refractivity contribution in [2.75, 3.05) is 0 Å². The van der Waals surface area contributed by atoms with Gasteiger partial charge in [-0.2, -0.15) is 0 Å². The van der Waals surface area contributed by atoms with Crippen LogP contribution in [0.25, 0.3) is 0 Å². The number of hydrogen-bond donors (Lipinski definition) is 1. The summed E-state index contributed by atoms with van der Waals surface area (Å²) in [6.45, 7) is 9.71. The van der Waals surface area contributed by atoms with Gasteiger partial charge in [0.15, 0.2) is 0 Å². The highest BCUT2D eigenvalue weighted by Gasteiger charge is 2.19. The molecule has 0 radical (unpaired) electrons. The summed E-state index contributed by atoms with van der Waals surface area (Å²) in [5, 5.41) is 10.1. The quantitative estimate of drug-likeness (QED) is 0.807. The highest BCUT2D eigenvalue weighted by Crippen LogP contribution is 2.30. The zero-order valence-corrected chi connectivity index (χ0v) is 10.8. The summed E-state index contributed by atoms with van der Waals surface area (Å²) in [6.07, 6.45) is 0.162. The second kappa shape index (κ2) is 4.54. The molecular formula is C14H21FO. The molecule has 0 aliphatic carbocycles. The minimum atomic E-state index is -0.516. The van der Waals surface area contributed by atoms with E-state index in [1.165, 1.54) is 0 Å². The Morgan fingerprint density at radius 2 is 1.62 bits per heavy atom. The summed E-state index contributed by atoms with van der Waals surface area (Å²) in [6, 6.07) is 3.47. The van der Waals surface area contributed by atoms with Gasteiger partial charge in [0.25, 0.3) is 0 Å². The van der Waals surface area contributed by atoms with Gasteiger partial charge in [-0.25, -0.2) is 4.39 Å². The lowest BCUT2D eigenvalue weighted by Gasteiger charge is -2.23. The maximum Gasteiger partial charge on any atom is 0.129 e. The predicted octanol–water partition coefficient (Wildman–Crippen LogP) is 3.91. The van der Waals surface area contributed by atoms with Crippen molar-refractivity contribution in [1.82, 2.24) is 0 Å². The molecule has 1 N–H and O–H groups in total. The fraction of sp³-hybridized carbons (Fsp3) is 0.571. The van der Waals surface area contributed by atoms with Gasteiger partial charge in [0.05, 0.1) is 6.10 Å². The first-order valence-corrected chi connectivity index (χ1v) is 5.65. The highest BCUT2D eigenvalue weighted by atomic mass is 19.1. The molecular weight excluding hydrogens is 203 g/mol. The summed E-state index contributed by atoms with van der Waals surface area (Å²) < 4.78 is 13.4. The zero-order valence-electron chi connectivity index (χ0n) is 10.8. The van der Waals surface area contributed by atoms with Crippen molar-refractivity contribution in [3.8, 4) is 0 Å². The van der Waals surface area contributed by atoms with Gasteiger partial charge in [0, 0.05) is 0 Å². The van der Waals surface area contributed by atoms with Crippen LogP contribution >= 0.6 is 0 Å². The molecule has 1 aromatic rings. The van der Waals surface area contributed by atoms with E-state index in [1.807, 2.05) is 0 Å². The average Bonchev–Trinajstić information content (AvgIpc) is 2.10. The molecule has 90 valence electrons. The summed E-state index contributed by atoms with van der Waals surface area (Å²) in [5.41, 5.74) is 2.08. The average molecular weight is 224 g/mol. The second-order valence-corrected chi connectivity index (χ2v) is 5.75. The van der Waals surface area contributed by atoms with Gasteiger partial charge < -0.3 is 5.11 Å². The summed E-state index contributed by atoms with van der Waals surface area (Å²) in [7, 11) is 0. The van der Waals surface area contributed by atoms with Gasteiger partial charge in [0.1, 0.15) is 5.82 Å². The van der Waals surface area contributed by atoms with Crippen LogP contribution in [0.3, 0.4) is 0 Å². The van der Waals surface area contributed by atoms with Gasteiger partial charge in [-0.15, -0.1) is 0 Å². The van der Waals surface area contributed by atoms with Crippen LogP contribution in [-0.4, -0.2) is 5.11 Å².